The maximum absolute atomic E-state index is 10.4. The molecular formula is C64H143N7O24. The Bertz CT molecular complexity index is 1330. The van der Waals surface area contributed by atoms with E-state index in [2.05, 4.69) is 31.4 Å². The third-order valence-corrected chi connectivity index (χ3v) is 13.0. The summed E-state index contributed by atoms with van der Waals surface area (Å²) in [5, 5.41) is 101. The van der Waals surface area contributed by atoms with Crippen LogP contribution in [0.1, 0.15) is 80.1 Å². The van der Waals surface area contributed by atoms with Crippen LogP contribution < -0.4 is 16.4 Å². The lowest BCUT2D eigenvalue weighted by molar-refractivity contribution is -0.128. The van der Waals surface area contributed by atoms with Crippen LogP contribution >= 0.6 is 0 Å². The van der Waals surface area contributed by atoms with Crippen molar-refractivity contribution < 1.29 is 118 Å². The van der Waals surface area contributed by atoms with E-state index >= 15 is 0 Å². The highest BCUT2D eigenvalue weighted by molar-refractivity contribution is 5.79. The number of nitrogens with two attached hydrogens (primary N) is 1. The molecule has 1 amide bonds. The monoisotopic (exact) mass is 1390 g/mol. The number of aliphatic hydroxyl groups is 11. The van der Waals surface area contributed by atoms with Gasteiger partial charge in [0.2, 0.25) is 5.91 Å². The number of aliphatic hydroxyl groups excluding tert-OH is 11. The van der Waals surface area contributed by atoms with Gasteiger partial charge in [-0.15, -0.1) is 0 Å². The highest BCUT2D eigenvalue weighted by atomic mass is 16.6. The summed E-state index contributed by atoms with van der Waals surface area (Å²) in [5.41, 5.74) is 5.35. The number of nitrogens with one attached hydrogen (secondary N) is 2. The number of carbonyl (C=O) groups is 1. The topological polar surface area (TPSA) is 420 Å². The number of rotatable bonds is 55. The van der Waals surface area contributed by atoms with Gasteiger partial charge in [-0.1, -0.05) is 19.3 Å². The fourth-order valence-electron chi connectivity index (χ4n) is 7.51. The van der Waals surface area contributed by atoms with Gasteiger partial charge in [0.05, 0.1) is 184 Å². The van der Waals surface area contributed by atoms with Crippen LogP contribution in [0.4, 0.5) is 0 Å². The van der Waals surface area contributed by atoms with Crippen molar-refractivity contribution in [3.05, 3.63) is 0 Å². The molecule has 2 heterocycles. The van der Waals surface area contributed by atoms with Crippen LogP contribution in [0.2, 0.25) is 0 Å². The van der Waals surface area contributed by atoms with E-state index < -0.39 is 12.0 Å². The predicted molar refractivity (Wildman–Crippen MR) is 366 cm³/mol. The summed E-state index contributed by atoms with van der Waals surface area (Å²) in [6, 6.07) is 0. The Hall–Kier alpha value is -1.69. The first-order valence-corrected chi connectivity index (χ1v) is 34.3. The van der Waals surface area contributed by atoms with Gasteiger partial charge in [-0.3, -0.25) is 24.4 Å². The van der Waals surface area contributed by atoms with Crippen molar-refractivity contribution in [3.63, 3.8) is 0 Å². The molecule has 2 aliphatic heterocycles. The highest BCUT2D eigenvalue weighted by Crippen LogP contribution is 2.16. The molecule has 3 unspecified atom stereocenters. The van der Waals surface area contributed by atoms with Crippen molar-refractivity contribution >= 4 is 5.91 Å². The first kappa shape index (κ1) is 102. The van der Waals surface area contributed by atoms with Gasteiger partial charge in [0.1, 0.15) is 18.3 Å². The molecule has 95 heavy (non-hydrogen) atoms. The van der Waals surface area contributed by atoms with Crippen molar-refractivity contribution in [1.82, 2.24) is 30.2 Å². The molecule has 0 bridgehead atoms. The fraction of sp³-hybridized carbons (Fsp3) is 0.984. The van der Waals surface area contributed by atoms with Gasteiger partial charge in [0.15, 0.2) is 0 Å². The minimum atomic E-state index is -0.989. The van der Waals surface area contributed by atoms with Gasteiger partial charge >= 0.3 is 0 Å². The van der Waals surface area contributed by atoms with Gasteiger partial charge in [-0.05, 0) is 73.9 Å². The number of methoxy groups -OCH3 is 2. The zero-order chi connectivity index (χ0) is 72.0. The quantitative estimate of drug-likeness (QED) is 0.0211. The molecule has 3 aliphatic rings. The molecule has 0 aromatic carbocycles. The summed E-state index contributed by atoms with van der Waals surface area (Å²) in [5.74, 6) is -0.455. The Morgan fingerprint density at radius 1 is 0.484 bits per heavy atom. The second kappa shape index (κ2) is 84.7. The number of hydrogen-bond donors (Lipinski definition) is 14. The number of hydrogen-bond acceptors (Lipinski definition) is 30. The van der Waals surface area contributed by atoms with Crippen LogP contribution in [0.15, 0.2) is 0 Å². The molecular weight excluding hydrogens is 1250 g/mol. The molecule has 0 aromatic rings. The Kier molecular flexibility index (Phi) is 90.9. The second-order valence-corrected chi connectivity index (χ2v) is 22.2. The van der Waals surface area contributed by atoms with E-state index in [1.165, 1.54) is 26.2 Å². The molecule has 0 radical (unpaired) electrons. The van der Waals surface area contributed by atoms with Crippen molar-refractivity contribution in [2.75, 3.05) is 304 Å². The van der Waals surface area contributed by atoms with Crippen molar-refractivity contribution in [3.8, 4) is 0 Å². The zero-order valence-corrected chi connectivity index (χ0v) is 60.3. The van der Waals surface area contributed by atoms with Crippen LogP contribution in [0, 0.1) is 0 Å². The normalized spacial score (nSPS) is 15.1. The lowest BCUT2D eigenvalue weighted by Crippen LogP contribution is -2.44. The van der Waals surface area contributed by atoms with Crippen molar-refractivity contribution in [1.29, 1.82) is 0 Å². The lowest BCUT2D eigenvalue weighted by atomic mass is 9.98. The molecule has 578 valence electrons. The average Bonchev–Trinajstić information content (AvgIpc) is 2.19. The van der Waals surface area contributed by atoms with E-state index in [1.54, 1.807) is 14.2 Å². The first-order chi connectivity index (χ1) is 46.0. The molecule has 1 aliphatic carbocycles. The van der Waals surface area contributed by atoms with Crippen LogP contribution in [0.25, 0.3) is 0 Å². The third-order valence-electron chi connectivity index (χ3n) is 13.0. The maximum atomic E-state index is 10.4. The standard InChI is InChI=1S/C10H24N2O4.C10H18O5.C10H22O5.2C8H19NO2.C7H18N2O2.C6H12O.C5H11NO3/c13-7-3-11(4-8-14)1-2-12(5-9-15)6-10-16;1(3-12-5-9-7-14-9)11-2-4-13-6-10-8-15-10;1-11-3-5-13-7-9-15-10-8-14-6-4-12-2;1-8(2,3)9(4-6-10)5-7-11;1-3-10-7-5-9-6-8-11-4-2;8-2-1-3-9(4-6-10)5-7-11;7-6-4-2-1-3-5-6;1-4(8)5(9)6-2-3-7/h13-16H,1-10H2;9-10H,1-8H2;3-10H2,1-2H3;10-11H,4-7H2,1-3H3;9H,3-8H2,1-2H3;10-11H,1-8H2;6-7H,1-5H2;4,7-8H,2-3H2,1H3,(H,6,9). The van der Waals surface area contributed by atoms with Gasteiger partial charge in [-0.2, -0.15) is 0 Å². The van der Waals surface area contributed by atoms with E-state index in [0.29, 0.717) is 177 Å². The number of epoxide rings is 2. The number of ether oxygens (including phenoxy) is 12. The largest absolute Gasteiger partial charge is 0.395 e. The molecule has 3 rings (SSSR count). The molecule has 3 atom stereocenters. The van der Waals surface area contributed by atoms with Crippen molar-refractivity contribution in [2.45, 2.75) is 110 Å². The van der Waals surface area contributed by atoms with E-state index in [9.17, 15) is 4.79 Å². The molecule has 2 saturated heterocycles. The number of nitrogens with zero attached hydrogens (tertiary/aromatic N) is 4. The van der Waals surface area contributed by atoms with Crippen LogP contribution in [0.3, 0.4) is 0 Å². The molecule has 1 saturated carbocycles. The molecule has 15 N–H and O–H groups in total. The van der Waals surface area contributed by atoms with Gasteiger partial charge in [0, 0.05) is 118 Å². The predicted octanol–water partition coefficient (Wildman–Crippen LogP) is -3.15. The first-order valence-electron chi connectivity index (χ1n) is 34.3. The summed E-state index contributed by atoms with van der Waals surface area (Å²) >= 11 is 0. The smallest absolute Gasteiger partial charge is 0.248 e. The van der Waals surface area contributed by atoms with Crippen LogP contribution in [0.5, 0.6) is 0 Å². The van der Waals surface area contributed by atoms with Gasteiger partial charge < -0.3 is 129 Å². The average molecular weight is 1390 g/mol. The maximum Gasteiger partial charge on any atom is 0.248 e. The highest BCUT2D eigenvalue weighted by Gasteiger charge is 2.23. The third kappa shape index (κ3) is 90.3. The van der Waals surface area contributed by atoms with Gasteiger partial charge in [0.25, 0.3) is 0 Å². The minimum Gasteiger partial charge on any atom is -0.395 e. The lowest BCUT2D eigenvalue weighted by Gasteiger charge is -2.34. The SMILES string of the molecule is C(COCC1CO1)OCCOCC1CO1.CC(C)(C)N(CCO)CCO.CC(O)C(=O)NCCO.CCOCCNCCOCC.COCCOCCOCCOCCOC.NCCCN(CCO)CCO.OC1CCCCC1.OCCN(CCO)CCN(CCO)CCO. The summed E-state index contributed by atoms with van der Waals surface area (Å²) in [4.78, 5) is 18.4. The number of amides is 1. The molecule has 31 heteroatoms. The fourth-order valence-corrected chi connectivity index (χ4v) is 7.51. The molecule has 31 nitrogen and oxygen atoms in total. The Balaban J connectivity index is -0.000000328. The minimum absolute atomic E-state index is 0.0332. The van der Waals surface area contributed by atoms with Crippen LogP contribution in [-0.4, -0.2) is 416 Å². The summed E-state index contributed by atoms with van der Waals surface area (Å²) < 4.78 is 61.5. The number of carbonyl (C=O) groups excluding carboxylic acids is 1. The van der Waals surface area contributed by atoms with E-state index in [0.717, 1.165) is 78.5 Å². The Morgan fingerprint density at radius 2 is 0.821 bits per heavy atom. The second-order valence-electron chi connectivity index (χ2n) is 22.2. The van der Waals surface area contributed by atoms with E-state index in [1.807, 2.05) is 33.4 Å². The van der Waals surface area contributed by atoms with Crippen LogP contribution in [-0.2, 0) is 61.6 Å². The van der Waals surface area contributed by atoms with E-state index in [-0.39, 0.29) is 77.6 Å². The van der Waals surface area contributed by atoms with Crippen molar-refractivity contribution in [2.24, 2.45) is 5.73 Å². The summed E-state index contributed by atoms with van der Waals surface area (Å²) in [6.45, 7) is 35.6. The Labute approximate surface area is 571 Å². The molecule has 3 fully saturated rings. The molecule has 0 spiro atoms. The van der Waals surface area contributed by atoms with Gasteiger partial charge in [-0.25, -0.2) is 0 Å². The number of β-amino-alcohol motifs (C(OH)–C–C–N with tert-alkyl or cyclic N) is 2. The Morgan fingerprint density at radius 3 is 1.08 bits per heavy atom. The zero-order valence-electron chi connectivity index (χ0n) is 60.3. The summed E-state index contributed by atoms with van der Waals surface area (Å²) in [6.07, 6.45) is 6.53. The summed E-state index contributed by atoms with van der Waals surface area (Å²) in [7, 11) is 3.30. The van der Waals surface area contributed by atoms with E-state index in [4.69, 9.17) is 119 Å². The molecule has 0 aromatic heterocycles.